The summed E-state index contributed by atoms with van der Waals surface area (Å²) in [6.45, 7) is 4.50. The number of hydrogen-bond acceptors (Lipinski definition) is 5. The van der Waals surface area contributed by atoms with Crippen molar-refractivity contribution in [1.29, 1.82) is 0 Å². The van der Waals surface area contributed by atoms with E-state index >= 15 is 0 Å². The highest BCUT2D eigenvalue weighted by molar-refractivity contribution is 7.99. The van der Waals surface area contributed by atoms with E-state index in [0.717, 1.165) is 17.7 Å². The number of para-hydroxylation sites is 1. The predicted molar refractivity (Wildman–Crippen MR) is 124 cm³/mol. The Kier molecular flexibility index (Phi) is 7.15. The van der Waals surface area contributed by atoms with Crippen LogP contribution < -0.4 is 15.8 Å². The molecule has 0 aliphatic rings. The largest absolute Gasteiger partial charge is 0.378 e. The number of carbonyl (C=O) groups is 1. The van der Waals surface area contributed by atoms with Gasteiger partial charge in [0.25, 0.3) is 5.56 Å². The van der Waals surface area contributed by atoms with Gasteiger partial charge < -0.3 is 10.2 Å². The minimum absolute atomic E-state index is 0.00961. The Hall–Kier alpha value is -2.80. The molecule has 0 saturated heterocycles. The van der Waals surface area contributed by atoms with E-state index in [1.807, 2.05) is 75.3 Å². The van der Waals surface area contributed by atoms with E-state index in [0.29, 0.717) is 22.6 Å². The fraction of sp³-hybridized carbons (Fsp3) is 0.348. The number of nitrogens with one attached hydrogen (secondary N) is 1. The van der Waals surface area contributed by atoms with E-state index in [2.05, 4.69) is 10.3 Å². The molecule has 2 aromatic carbocycles. The van der Waals surface area contributed by atoms with Crippen LogP contribution in [0.2, 0.25) is 0 Å². The van der Waals surface area contributed by atoms with Gasteiger partial charge in [0.1, 0.15) is 0 Å². The van der Waals surface area contributed by atoms with Crippen molar-refractivity contribution in [3.8, 4) is 0 Å². The Morgan fingerprint density at radius 1 is 1.17 bits per heavy atom. The van der Waals surface area contributed by atoms with E-state index in [4.69, 9.17) is 0 Å². The molecule has 0 saturated carbocycles. The lowest BCUT2D eigenvalue weighted by Crippen LogP contribution is -2.28. The third kappa shape index (κ3) is 5.02. The van der Waals surface area contributed by atoms with E-state index < -0.39 is 0 Å². The number of fused-ring (bicyclic) bond motifs is 1. The van der Waals surface area contributed by atoms with Gasteiger partial charge >= 0.3 is 0 Å². The molecule has 1 amide bonds. The zero-order chi connectivity index (χ0) is 21.7. The van der Waals surface area contributed by atoms with Crippen molar-refractivity contribution >= 4 is 34.3 Å². The lowest BCUT2D eigenvalue weighted by atomic mass is 10.2. The maximum Gasteiger partial charge on any atom is 0.262 e. The number of carbonyl (C=O) groups excluding carboxylic acids is 1. The van der Waals surface area contributed by atoms with E-state index in [9.17, 15) is 9.59 Å². The first-order chi connectivity index (χ1) is 14.4. The standard InChI is InChI=1S/C23H28N4O2S/c1-5-16(2)27-22(29)19-8-6-7-9-20(19)25-23(27)30-15-21(28)24-14-17-10-12-18(13-11-17)26(3)4/h6-13,16H,5,14-15H2,1-4H3,(H,24,28)/t16-/m1/s1. The molecule has 0 spiro atoms. The zero-order valence-corrected chi connectivity index (χ0v) is 18.7. The average molecular weight is 425 g/mol. The summed E-state index contributed by atoms with van der Waals surface area (Å²) >= 11 is 1.30. The van der Waals surface area contributed by atoms with Crippen molar-refractivity contribution in [3.05, 3.63) is 64.4 Å². The maximum absolute atomic E-state index is 13.0. The van der Waals surface area contributed by atoms with Gasteiger partial charge in [0.15, 0.2) is 5.16 Å². The lowest BCUT2D eigenvalue weighted by Gasteiger charge is -2.18. The molecule has 3 rings (SSSR count). The average Bonchev–Trinajstić information content (AvgIpc) is 2.76. The second kappa shape index (κ2) is 9.80. The number of thioether (sulfide) groups is 1. The summed E-state index contributed by atoms with van der Waals surface area (Å²) in [5.74, 6) is 0.117. The minimum atomic E-state index is -0.0882. The molecule has 1 N–H and O–H groups in total. The second-order valence-electron chi connectivity index (χ2n) is 7.47. The maximum atomic E-state index is 13.0. The van der Waals surface area contributed by atoms with Gasteiger partial charge in [-0.1, -0.05) is 43.0 Å². The smallest absolute Gasteiger partial charge is 0.262 e. The van der Waals surface area contributed by atoms with Crippen LogP contribution in [0.5, 0.6) is 0 Å². The van der Waals surface area contributed by atoms with Crippen molar-refractivity contribution in [2.45, 2.75) is 38.0 Å². The Balaban J connectivity index is 1.70. The van der Waals surface area contributed by atoms with Crippen LogP contribution in [-0.4, -0.2) is 35.3 Å². The van der Waals surface area contributed by atoms with Crippen LogP contribution in [-0.2, 0) is 11.3 Å². The van der Waals surface area contributed by atoms with Gasteiger partial charge in [0.2, 0.25) is 5.91 Å². The molecule has 1 atom stereocenters. The number of anilines is 1. The fourth-order valence-corrected chi connectivity index (χ4v) is 4.02. The molecule has 158 valence electrons. The number of benzene rings is 2. The minimum Gasteiger partial charge on any atom is -0.378 e. The van der Waals surface area contributed by atoms with Gasteiger partial charge in [-0.2, -0.15) is 0 Å². The Morgan fingerprint density at radius 3 is 2.53 bits per heavy atom. The molecule has 0 aliphatic heterocycles. The summed E-state index contributed by atoms with van der Waals surface area (Å²) in [5, 5.41) is 4.13. The van der Waals surface area contributed by atoms with Crippen LogP contribution in [0.15, 0.2) is 58.5 Å². The molecular formula is C23H28N4O2S. The monoisotopic (exact) mass is 424 g/mol. The number of rotatable bonds is 8. The van der Waals surface area contributed by atoms with Crippen LogP contribution in [0, 0.1) is 0 Å². The quantitative estimate of drug-likeness (QED) is 0.440. The summed E-state index contributed by atoms with van der Waals surface area (Å²) in [6.07, 6.45) is 0.808. The van der Waals surface area contributed by atoms with Crippen molar-refractivity contribution in [3.63, 3.8) is 0 Å². The normalized spacial score (nSPS) is 12.0. The summed E-state index contributed by atoms with van der Waals surface area (Å²) in [5.41, 5.74) is 2.76. The van der Waals surface area contributed by atoms with Crippen molar-refractivity contribution < 1.29 is 4.79 Å². The van der Waals surface area contributed by atoms with Crippen LogP contribution in [0.3, 0.4) is 0 Å². The highest BCUT2D eigenvalue weighted by Crippen LogP contribution is 2.22. The van der Waals surface area contributed by atoms with Gasteiger partial charge in [-0.25, -0.2) is 4.98 Å². The van der Waals surface area contributed by atoms with Crippen molar-refractivity contribution in [1.82, 2.24) is 14.9 Å². The molecule has 0 bridgehead atoms. The van der Waals surface area contributed by atoms with Gasteiger partial charge in [-0.3, -0.25) is 14.2 Å². The number of aromatic nitrogens is 2. The first-order valence-electron chi connectivity index (χ1n) is 10.1. The Morgan fingerprint density at radius 2 is 1.87 bits per heavy atom. The molecular weight excluding hydrogens is 396 g/mol. The molecule has 6 nitrogen and oxygen atoms in total. The Labute approximate surface area is 181 Å². The molecule has 30 heavy (non-hydrogen) atoms. The Bertz CT molecular complexity index is 1080. The number of nitrogens with zero attached hydrogens (tertiary/aromatic N) is 3. The fourth-order valence-electron chi connectivity index (χ4n) is 3.09. The summed E-state index contributed by atoms with van der Waals surface area (Å²) in [6, 6.07) is 15.4. The van der Waals surface area contributed by atoms with Crippen LogP contribution in [0.1, 0.15) is 31.9 Å². The van der Waals surface area contributed by atoms with Crippen LogP contribution >= 0.6 is 11.8 Å². The first-order valence-corrected chi connectivity index (χ1v) is 11.1. The van der Waals surface area contributed by atoms with E-state index in [-0.39, 0.29) is 23.3 Å². The van der Waals surface area contributed by atoms with Gasteiger partial charge in [-0.15, -0.1) is 0 Å². The highest BCUT2D eigenvalue weighted by atomic mass is 32.2. The zero-order valence-electron chi connectivity index (χ0n) is 17.9. The number of hydrogen-bond donors (Lipinski definition) is 1. The van der Waals surface area contributed by atoms with Crippen LogP contribution in [0.25, 0.3) is 10.9 Å². The van der Waals surface area contributed by atoms with E-state index in [1.165, 1.54) is 11.8 Å². The molecule has 0 radical (unpaired) electrons. The molecule has 3 aromatic rings. The molecule has 1 heterocycles. The second-order valence-corrected chi connectivity index (χ2v) is 8.41. The molecule has 0 unspecified atom stereocenters. The molecule has 0 aliphatic carbocycles. The molecule has 1 aromatic heterocycles. The number of amides is 1. The topological polar surface area (TPSA) is 67.2 Å². The first kappa shape index (κ1) is 21.9. The van der Waals surface area contributed by atoms with Crippen molar-refractivity contribution in [2.75, 3.05) is 24.7 Å². The molecule has 0 fully saturated rings. The summed E-state index contributed by atoms with van der Waals surface area (Å²) in [7, 11) is 3.99. The summed E-state index contributed by atoms with van der Waals surface area (Å²) in [4.78, 5) is 32.1. The van der Waals surface area contributed by atoms with Crippen LogP contribution in [0.4, 0.5) is 5.69 Å². The predicted octanol–water partition coefficient (Wildman–Crippen LogP) is 3.84. The third-order valence-electron chi connectivity index (χ3n) is 5.08. The van der Waals surface area contributed by atoms with E-state index in [1.54, 1.807) is 10.6 Å². The van der Waals surface area contributed by atoms with Crippen molar-refractivity contribution in [2.24, 2.45) is 0 Å². The van der Waals surface area contributed by atoms with Gasteiger partial charge in [-0.05, 0) is 43.2 Å². The SMILES string of the molecule is CC[C@@H](C)n1c(SCC(=O)NCc2ccc(N(C)C)cc2)nc2ccccc2c1=O. The van der Waals surface area contributed by atoms with Gasteiger partial charge in [0.05, 0.1) is 16.7 Å². The summed E-state index contributed by atoms with van der Waals surface area (Å²) < 4.78 is 1.71. The molecule has 7 heteroatoms. The highest BCUT2D eigenvalue weighted by Gasteiger charge is 2.16. The third-order valence-corrected chi connectivity index (χ3v) is 6.03. The van der Waals surface area contributed by atoms with Gasteiger partial charge in [0, 0.05) is 32.4 Å². The lowest BCUT2D eigenvalue weighted by molar-refractivity contribution is -0.118.